The van der Waals surface area contributed by atoms with E-state index in [4.69, 9.17) is 4.42 Å². The average Bonchev–Trinajstić information content (AvgIpc) is 3.34. The largest absolute Gasteiger partial charge is 0.447 e. The minimum Gasteiger partial charge on any atom is -0.447 e. The fourth-order valence-electron chi connectivity index (χ4n) is 3.98. The third-order valence-corrected chi connectivity index (χ3v) is 6.70. The Morgan fingerprint density at radius 2 is 1.48 bits per heavy atom. The van der Waals surface area contributed by atoms with Crippen LogP contribution in [0.1, 0.15) is 44.5 Å². The lowest BCUT2D eigenvalue weighted by molar-refractivity contribution is -0.647. The van der Waals surface area contributed by atoms with E-state index in [-0.39, 0.29) is 0 Å². The van der Waals surface area contributed by atoms with E-state index in [1.54, 1.807) is 11.8 Å². The van der Waals surface area contributed by atoms with Gasteiger partial charge in [-0.25, -0.2) is 0 Å². The Labute approximate surface area is 190 Å². The molecule has 0 bridgehead atoms. The molecule has 2 aromatic carbocycles. The molecule has 162 valence electrons. The smallest absolute Gasteiger partial charge is 0.213 e. The highest BCUT2D eigenvalue weighted by molar-refractivity contribution is 8.03. The van der Waals surface area contributed by atoms with Gasteiger partial charge in [0.2, 0.25) is 11.2 Å². The number of hydrogen-bond acceptors (Lipinski definition) is 3. The summed E-state index contributed by atoms with van der Waals surface area (Å²) in [5.41, 5.74) is 7.24. The third kappa shape index (κ3) is 3.85. The molecule has 1 aliphatic rings. The van der Waals surface area contributed by atoms with Crippen molar-refractivity contribution in [1.29, 1.82) is 0 Å². The maximum absolute atomic E-state index is 6.08. The highest BCUT2D eigenvalue weighted by atomic mass is 32.2. The summed E-state index contributed by atoms with van der Waals surface area (Å²) in [5.74, 6) is 0. The van der Waals surface area contributed by atoms with Gasteiger partial charge in [-0.05, 0) is 49.4 Å². The van der Waals surface area contributed by atoms with Crippen LogP contribution in [0.3, 0.4) is 0 Å². The number of rotatable bonds is 1. The lowest BCUT2D eigenvalue weighted by atomic mass is 10.0. The zero-order valence-corrected chi connectivity index (χ0v) is 20.7. The maximum Gasteiger partial charge on any atom is 0.213 e. The molecule has 0 aliphatic carbocycles. The molecular formula is C27H33N2OS+. The van der Waals surface area contributed by atoms with Crippen molar-refractivity contribution in [2.75, 3.05) is 11.9 Å². The first-order valence-corrected chi connectivity index (χ1v) is 11.9. The summed E-state index contributed by atoms with van der Waals surface area (Å²) >= 11 is 1.70. The molecule has 31 heavy (non-hydrogen) atoms. The Bertz CT molecular complexity index is 1250. The number of para-hydroxylation sites is 2. The fourth-order valence-corrected chi connectivity index (χ4v) is 5.04. The summed E-state index contributed by atoms with van der Waals surface area (Å²) in [6.07, 6.45) is 2.28. The summed E-state index contributed by atoms with van der Waals surface area (Å²) in [5, 5.41) is 4.64. The van der Waals surface area contributed by atoms with Crippen molar-refractivity contribution in [3.8, 4) is 0 Å². The predicted molar refractivity (Wildman–Crippen MR) is 136 cm³/mol. The van der Waals surface area contributed by atoms with Crippen LogP contribution < -0.4 is 9.47 Å². The van der Waals surface area contributed by atoms with Crippen LogP contribution >= 0.6 is 11.8 Å². The number of fused-ring (bicyclic) bond motifs is 4. The SMILES string of the molecule is CC.CC.Cc1c(C)c2ccccc2[n+](C)c1C=C1Sc2oc3ccccc3c2N1C. The molecule has 0 N–H and O–H groups in total. The van der Waals surface area contributed by atoms with Gasteiger partial charge in [-0.1, -0.05) is 52.0 Å². The van der Waals surface area contributed by atoms with E-state index in [0.717, 1.165) is 10.7 Å². The van der Waals surface area contributed by atoms with E-state index < -0.39 is 0 Å². The molecule has 0 radical (unpaired) electrons. The molecule has 0 saturated heterocycles. The number of benzene rings is 2. The number of pyridine rings is 1. The Hall–Kier alpha value is -2.72. The summed E-state index contributed by atoms with van der Waals surface area (Å²) in [6.45, 7) is 12.4. The number of furan rings is 1. The van der Waals surface area contributed by atoms with Gasteiger partial charge < -0.3 is 9.32 Å². The molecule has 3 heterocycles. The molecule has 0 unspecified atom stereocenters. The van der Waals surface area contributed by atoms with Gasteiger partial charge in [0, 0.05) is 35.5 Å². The van der Waals surface area contributed by atoms with Gasteiger partial charge in [-0.3, -0.25) is 0 Å². The molecule has 1 aliphatic heterocycles. The van der Waals surface area contributed by atoms with E-state index in [2.05, 4.69) is 79.9 Å². The monoisotopic (exact) mass is 433 g/mol. The van der Waals surface area contributed by atoms with Crippen molar-refractivity contribution in [1.82, 2.24) is 0 Å². The van der Waals surface area contributed by atoms with Crippen LogP contribution in [0.5, 0.6) is 0 Å². The average molecular weight is 434 g/mol. The van der Waals surface area contributed by atoms with Crippen LogP contribution in [0.4, 0.5) is 5.69 Å². The standard InChI is InChI=1S/C23H21N2OS.2C2H6/c1-14-15(2)19(24(3)18-11-7-5-9-16(14)18)13-21-25(4)22-17-10-6-8-12-20(17)26-23(22)27-21;2*1-2/h5-13H,1-4H3;2*1-2H3/q+1;;. The van der Waals surface area contributed by atoms with Gasteiger partial charge in [0.25, 0.3) is 0 Å². The van der Waals surface area contributed by atoms with Gasteiger partial charge >= 0.3 is 0 Å². The second-order valence-electron chi connectivity index (χ2n) is 7.09. The lowest BCUT2D eigenvalue weighted by Gasteiger charge is -2.14. The van der Waals surface area contributed by atoms with Crippen LogP contribution in [0.2, 0.25) is 0 Å². The molecule has 0 spiro atoms. The Morgan fingerprint density at radius 3 is 2.19 bits per heavy atom. The van der Waals surface area contributed by atoms with E-state index in [0.29, 0.717) is 0 Å². The van der Waals surface area contributed by atoms with Crippen molar-refractivity contribution < 1.29 is 8.98 Å². The normalized spacial score (nSPS) is 13.7. The van der Waals surface area contributed by atoms with E-state index >= 15 is 0 Å². The van der Waals surface area contributed by atoms with Crippen LogP contribution in [0.15, 0.2) is 63.1 Å². The summed E-state index contributed by atoms with van der Waals surface area (Å²) < 4.78 is 8.37. The Morgan fingerprint density at radius 1 is 0.871 bits per heavy atom. The van der Waals surface area contributed by atoms with E-state index in [1.807, 2.05) is 39.8 Å². The van der Waals surface area contributed by atoms with Crippen molar-refractivity contribution in [3.63, 3.8) is 0 Å². The van der Waals surface area contributed by atoms with Crippen LogP contribution in [0.25, 0.3) is 27.9 Å². The molecule has 5 rings (SSSR count). The third-order valence-electron chi connectivity index (χ3n) is 5.64. The van der Waals surface area contributed by atoms with Gasteiger partial charge in [-0.2, -0.15) is 4.57 Å². The highest BCUT2D eigenvalue weighted by Crippen LogP contribution is 2.51. The molecule has 4 aromatic rings. The zero-order valence-electron chi connectivity index (χ0n) is 19.9. The molecule has 0 atom stereocenters. The Balaban J connectivity index is 0.000000645. The highest BCUT2D eigenvalue weighted by Gasteiger charge is 2.30. The first-order valence-electron chi connectivity index (χ1n) is 11.1. The van der Waals surface area contributed by atoms with Gasteiger partial charge in [0.05, 0.1) is 5.03 Å². The second-order valence-corrected chi connectivity index (χ2v) is 8.08. The van der Waals surface area contributed by atoms with Crippen LogP contribution in [-0.2, 0) is 7.05 Å². The zero-order chi connectivity index (χ0) is 22.7. The number of aromatic nitrogens is 1. The summed E-state index contributed by atoms with van der Waals surface area (Å²) in [6, 6.07) is 16.8. The first-order chi connectivity index (χ1) is 15.1. The summed E-state index contributed by atoms with van der Waals surface area (Å²) in [4.78, 5) is 2.25. The molecule has 3 nitrogen and oxygen atoms in total. The van der Waals surface area contributed by atoms with E-state index in [1.165, 1.54) is 43.8 Å². The van der Waals surface area contributed by atoms with Crippen molar-refractivity contribution in [2.24, 2.45) is 7.05 Å². The fraction of sp³-hybridized carbons (Fsp3) is 0.296. The van der Waals surface area contributed by atoms with Crippen LogP contribution in [0, 0.1) is 13.8 Å². The molecule has 0 saturated carbocycles. The Kier molecular flexibility index (Phi) is 7.11. The molecule has 4 heteroatoms. The molecular weight excluding hydrogens is 400 g/mol. The predicted octanol–water partition coefficient (Wildman–Crippen LogP) is 7.62. The number of anilines is 1. The lowest BCUT2D eigenvalue weighted by Crippen LogP contribution is -2.34. The minimum absolute atomic E-state index is 0.948. The number of nitrogens with zero attached hydrogens (tertiary/aromatic N) is 2. The topological polar surface area (TPSA) is 20.3 Å². The number of thioether (sulfide) groups is 1. The van der Waals surface area contributed by atoms with Crippen molar-refractivity contribution in [2.45, 2.75) is 46.6 Å². The van der Waals surface area contributed by atoms with Crippen molar-refractivity contribution >= 4 is 45.4 Å². The molecule has 0 amide bonds. The van der Waals surface area contributed by atoms with Gasteiger partial charge in [0.1, 0.15) is 18.3 Å². The van der Waals surface area contributed by atoms with Gasteiger partial charge in [-0.15, -0.1) is 0 Å². The van der Waals surface area contributed by atoms with Crippen LogP contribution in [-0.4, -0.2) is 7.05 Å². The van der Waals surface area contributed by atoms with Gasteiger partial charge in [0.15, 0.2) is 5.09 Å². The molecule has 0 fully saturated rings. The summed E-state index contributed by atoms with van der Waals surface area (Å²) in [7, 11) is 4.27. The molecule has 2 aromatic heterocycles. The minimum atomic E-state index is 0.948. The quantitative estimate of drug-likeness (QED) is 0.288. The number of aryl methyl sites for hydroxylation is 2. The second kappa shape index (κ2) is 9.61. The number of hydrogen-bond donors (Lipinski definition) is 0. The maximum atomic E-state index is 6.08. The van der Waals surface area contributed by atoms with Crippen molar-refractivity contribution in [3.05, 3.63) is 70.4 Å². The first kappa shape index (κ1) is 23.0. The van der Waals surface area contributed by atoms with E-state index in [9.17, 15) is 0 Å².